The predicted molar refractivity (Wildman–Crippen MR) is 130 cm³/mol. The summed E-state index contributed by atoms with van der Waals surface area (Å²) in [6.45, 7) is 9.53. The Kier molecular flexibility index (Phi) is 7.14. The van der Waals surface area contributed by atoms with E-state index in [1.165, 1.54) is 23.1 Å². The average Bonchev–Trinajstić information content (AvgIpc) is 3.22. The summed E-state index contributed by atoms with van der Waals surface area (Å²) in [4.78, 5) is 38.0. The Morgan fingerprint density at radius 1 is 1.12 bits per heavy atom. The van der Waals surface area contributed by atoms with Crippen LogP contribution in [0.2, 0.25) is 0 Å². The van der Waals surface area contributed by atoms with Crippen molar-refractivity contribution in [1.29, 1.82) is 0 Å². The number of hydrogen-bond donors (Lipinski definition) is 1. The number of para-hydroxylation sites is 1. The molecule has 0 bridgehead atoms. The number of carbonyl (C=O) groups is 2. The minimum absolute atomic E-state index is 0.132. The second-order valence-electron chi connectivity index (χ2n) is 9.04. The maximum atomic E-state index is 13.0. The van der Waals surface area contributed by atoms with Gasteiger partial charge < -0.3 is 10.2 Å². The molecule has 0 aliphatic carbocycles. The number of nitrogens with one attached hydrogen (secondary N) is 1. The molecule has 2 amide bonds. The van der Waals surface area contributed by atoms with Gasteiger partial charge in [0.05, 0.1) is 16.3 Å². The monoisotopic (exact) mass is 463 g/mol. The van der Waals surface area contributed by atoms with E-state index in [0.717, 1.165) is 11.4 Å². The van der Waals surface area contributed by atoms with Crippen molar-refractivity contribution in [3.63, 3.8) is 0 Å². The number of rotatable bonds is 7. The molecule has 9 nitrogen and oxygen atoms in total. The van der Waals surface area contributed by atoms with Crippen molar-refractivity contribution in [2.45, 2.75) is 40.0 Å². The van der Waals surface area contributed by atoms with Crippen LogP contribution in [0.25, 0.3) is 5.69 Å². The van der Waals surface area contributed by atoms with Crippen LogP contribution >= 0.6 is 0 Å². The second-order valence-corrected chi connectivity index (χ2v) is 9.04. The van der Waals surface area contributed by atoms with Crippen LogP contribution in [-0.4, -0.2) is 44.5 Å². The fourth-order valence-electron chi connectivity index (χ4n) is 3.41. The number of benzene rings is 2. The molecule has 0 atom stereocenters. The molecule has 0 unspecified atom stereocenters. The Hall–Kier alpha value is -4.01. The van der Waals surface area contributed by atoms with Crippen molar-refractivity contribution >= 4 is 23.3 Å². The number of aromatic nitrogens is 2. The molecule has 0 saturated carbocycles. The van der Waals surface area contributed by atoms with Gasteiger partial charge in [0.2, 0.25) is 5.91 Å². The van der Waals surface area contributed by atoms with Crippen molar-refractivity contribution in [1.82, 2.24) is 14.7 Å². The summed E-state index contributed by atoms with van der Waals surface area (Å²) in [5.41, 5.74) is 1.87. The highest BCUT2D eigenvalue weighted by atomic mass is 16.6. The average molecular weight is 464 g/mol. The minimum Gasteiger partial charge on any atom is -0.330 e. The van der Waals surface area contributed by atoms with E-state index in [-0.39, 0.29) is 29.8 Å². The first kappa shape index (κ1) is 24.6. The Morgan fingerprint density at radius 3 is 2.38 bits per heavy atom. The number of nitrogens with zero attached hydrogens (tertiary/aromatic N) is 4. The van der Waals surface area contributed by atoms with Crippen LogP contribution in [0.15, 0.2) is 54.6 Å². The van der Waals surface area contributed by atoms with E-state index in [0.29, 0.717) is 11.4 Å². The molecule has 1 aromatic heterocycles. The predicted octanol–water partition coefficient (Wildman–Crippen LogP) is 4.49. The molecule has 2 aromatic carbocycles. The standard InChI is InChI=1S/C25H29N5O4/c1-6-28(24(32)18-13-12-17(2)20(14-18)30(33)34)16-23(31)26-22-15-21(25(3,4)5)27-29(22)19-10-8-7-9-11-19/h7-15H,6,16H2,1-5H3,(H,26,31). The van der Waals surface area contributed by atoms with Crippen molar-refractivity contribution in [3.05, 3.63) is 81.5 Å². The quantitative estimate of drug-likeness (QED) is 0.410. The van der Waals surface area contributed by atoms with E-state index in [1.54, 1.807) is 18.5 Å². The van der Waals surface area contributed by atoms with Gasteiger partial charge in [-0.05, 0) is 32.0 Å². The molecule has 1 heterocycles. The Balaban J connectivity index is 1.83. The van der Waals surface area contributed by atoms with E-state index >= 15 is 0 Å². The summed E-state index contributed by atoms with van der Waals surface area (Å²) in [5, 5.41) is 18.8. The third kappa shape index (κ3) is 5.48. The van der Waals surface area contributed by atoms with Crippen LogP contribution in [0.4, 0.5) is 11.5 Å². The smallest absolute Gasteiger partial charge is 0.273 e. The first-order valence-electron chi connectivity index (χ1n) is 11.0. The summed E-state index contributed by atoms with van der Waals surface area (Å²) < 4.78 is 1.67. The summed E-state index contributed by atoms with van der Waals surface area (Å²) >= 11 is 0. The minimum atomic E-state index is -0.521. The molecular weight excluding hydrogens is 434 g/mol. The molecule has 178 valence electrons. The second kappa shape index (κ2) is 9.86. The molecule has 1 N–H and O–H groups in total. The van der Waals surface area contributed by atoms with E-state index in [9.17, 15) is 19.7 Å². The Morgan fingerprint density at radius 2 is 1.79 bits per heavy atom. The summed E-state index contributed by atoms with van der Waals surface area (Å²) in [7, 11) is 0. The number of nitro groups is 1. The molecule has 34 heavy (non-hydrogen) atoms. The summed E-state index contributed by atoms with van der Waals surface area (Å²) in [6.07, 6.45) is 0. The molecule has 3 rings (SSSR count). The lowest BCUT2D eigenvalue weighted by molar-refractivity contribution is -0.385. The van der Waals surface area contributed by atoms with Gasteiger partial charge in [-0.1, -0.05) is 45.0 Å². The van der Waals surface area contributed by atoms with Gasteiger partial charge in [-0.25, -0.2) is 4.68 Å². The summed E-state index contributed by atoms with van der Waals surface area (Å²) in [5.74, 6) is -0.349. The van der Waals surface area contributed by atoms with Crippen LogP contribution in [0, 0.1) is 17.0 Å². The normalized spacial score (nSPS) is 11.2. The maximum absolute atomic E-state index is 13.0. The van der Waals surface area contributed by atoms with Crippen molar-refractivity contribution in [2.24, 2.45) is 0 Å². The van der Waals surface area contributed by atoms with E-state index in [2.05, 4.69) is 10.4 Å². The van der Waals surface area contributed by atoms with Gasteiger partial charge in [-0.3, -0.25) is 19.7 Å². The number of likely N-dealkylation sites (N-methyl/N-ethyl adjacent to an activating group) is 1. The number of amides is 2. The van der Waals surface area contributed by atoms with Crippen molar-refractivity contribution in [2.75, 3.05) is 18.4 Å². The Bertz CT molecular complexity index is 1210. The van der Waals surface area contributed by atoms with Crippen LogP contribution in [0.3, 0.4) is 0 Å². The molecule has 9 heteroatoms. The third-order valence-corrected chi connectivity index (χ3v) is 5.40. The SMILES string of the molecule is CCN(CC(=O)Nc1cc(C(C)(C)C)nn1-c1ccccc1)C(=O)c1ccc(C)c([N+](=O)[O-])c1. The van der Waals surface area contributed by atoms with Gasteiger partial charge in [0.15, 0.2) is 0 Å². The highest BCUT2D eigenvalue weighted by Gasteiger charge is 2.24. The topological polar surface area (TPSA) is 110 Å². The van der Waals surface area contributed by atoms with Crippen molar-refractivity contribution in [3.8, 4) is 5.69 Å². The van der Waals surface area contributed by atoms with Gasteiger partial charge in [0.1, 0.15) is 12.4 Å². The van der Waals surface area contributed by atoms with E-state index < -0.39 is 16.7 Å². The van der Waals surface area contributed by atoms with Gasteiger partial charge in [-0.2, -0.15) is 5.10 Å². The zero-order valence-corrected chi connectivity index (χ0v) is 20.0. The number of aryl methyl sites for hydroxylation is 1. The van der Waals surface area contributed by atoms with E-state index in [1.807, 2.05) is 57.2 Å². The van der Waals surface area contributed by atoms with E-state index in [4.69, 9.17) is 0 Å². The molecule has 0 spiro atoms. The van der Waals surface area contributed by atoms with Gasteiger partial charge in [0, 0.05) is 35.2 Å². The van der Waals surface area contributed by atoms with Crippen LogP contribution in [-0.2, 0) is 10.2 Å². The highest BCUT2D eigenvalue weighted by Crippen LogP contribution is 2.26. The van der Waals surface area contributed by atoms with Gasteiger partial charge in [0.25, 0.3) is 11.6 Å². The fourth-order valence-corrected chi connectivity index (χ4v) is 3.41. The molecule has 0 fully saturated rings. The van der Waals surface area contributed by atoms with Gasteiger partial charge >= 0.3 is 0 Å². The maximum Gasteiger partial charge on any atom is 0.273 e. The third-order valence-electron chi connectivity index (χ3n) is 5.40. The lowest BCUT2D eigenvalue weighted by Gasteiger charge is -2.20. The molecule has 0 radical (unpaired) electrons. The van der Waals surface area contributed by atoms with Crippen LogP contribution in [0.1, 0.15) is 49.3 Å². The number of anilines is 1. The zero-order chi connectivity index (χ0) is 25.0. The molecule has 0 aliphatic heterocycles. The van der Waals surface area contributed by atoms with Crippen LogP contribution < -0.4 is 5.32 Å². The molecule has 0 aliphatic rings. The Labute approximate surface area is 198 Å². The fraction of sp³-hybridized carbons (Fsp3) is 0.320. The molecule has 3 aromatic rings. The van der Waals surface area contributed by atoms with Crippen LogP contribution in [0.5, 0.6) is 0 Å². The molecule has 0 saturated heterocycles. The number of nitro benzene ring substituents is 1. The van der Waals surface area contributed by atoms with Gasteiger partial charge in [-0.15, -0.1) is 0 Å². The lowest BCUT2D eigenvalue weighted by atomic mass is 9.92. The first-order valence-corrected chi connectivity index (χ1v) is 11.0. The summed E-state index contributed by atoms with van der Waals surface area (Å²) in [6, 6.07) is 15.6. The number of carbonyl (C=O) groups excluding carboxylic acids is 2. The lowest BCUT2D eigenvalue weighted by Crippen LogP contribution is -2.38. The molecular formula is C25H29N5O4. The largest absolute Gasteiger partial charge is 0.330 e. The first-order chi connectivity index (χ1) is 16.0. The zero-order valence-electron chi connectivity index (χ0n) is 20.0. The number of hydrogen-bond acceptors (Lipinski definition) is 5. The van der Waals surface area contributed by atoms with Crippen molar-refractivity contribution < 1.29 is 14.5 Å². The highest BCUT2D eigenvalue weighted by molar-refractivity contribution is 5.99.